The minimum Gasteiger partial charge on any atom is -0.329 e. The van der Waals surface area contributed by atoms with Gasteiger partial charge in [0.15, 0.2) is 0 Å². The van der Waals surface area contributed by atoms with Crippen LogP contribution in [0.4, 0.5) is 0 Å². The molecule has 2 rings (SSSR count). The van der Waals surface area contributed by atoms with E-state index in [1.165, 1.54) is 51.9 Å². The molecule has 3 heteroatoms. The summed E-state index contributed by atoms with van der Waals surface area (Å²) < 4.78 is 0. The van der Waals surface area contributed by atoms with Gasteiger partial charge in [-0.2, -0.15) is 0 Å². The second-order valence-electron chi connectivity index (χ2n) is 5.78. The third-order valence-electron chi connectivity index (χ3n) is 5.04. The number of hydrogen-bond donors (Lipinski definition) is 1. The number of fused-ring (bicyclic) bond motifs is 2. The molecule has 2 saturated heterocycles. The Labute approximate surface area is 106 Å². The zero-order chi connectivity index (χ0) is 12.3. The summed E-state index contributed by atoms with van der Waals surface area (Å²) in [4.78, 5) is 5.32. The first kappa shape index (κ1) is 13.3. The fourth-order valence-electron chi connectivity index (χ4n) is 3.89. The highest BCUT2D eigenvalue weighted by molar-refractivity contribution is 5.04. The van der Waals surface area contributed by atoms with Gasteiger partial charge in [0.25, 0.3) is 0 Å². The number of nitrogens with two attached hydrogens (primary N) is 1. The first-order valence-electron chi connectivity index (χ1n) is 7.44. The monoisotopic (exact) mass is 239 g/mol. The third kappa shape index (κ3) is 2.38. The molecular weight excluding hydrogens is 210 g/mol. The summed E-state index contributed by atoms with van der Waals surface area (Å²) in [6.45, 7) is 11.7. The molecule has 0 amide bonds. The van der Waals surface area contributed by atoms with E-state index in [-0.39, 0.29) is 0 Å². The van der Waals surface area contributed by atoms with Crippen LogP contribution in [-0.4, -0.2) is 54.6 Å². The second kappa shape index (κ2) is 5.68. The van der Waals surface area contributed by atoms with Crippen LogP contribution in [0.2, 0.25) is 0 Å². The molecule has 0 aromatic rings. The van der Waals surface area contributed by atoms with Crippen LogP contribution in [0.15, 0.2) is 0 Å². The first-order valence-corrected chi connectivity index (χ1v) is 7.44. The van der Waals surface area contributed by atoms with Crippen molar-refractivity contribution in [1.29, 1.82) is 0 Å². The maximum atomic E-state index is 6.21. The van der Waals surface area contributed by atoms with Crippen molar-refractivity contribution in [3.8, 4) is 0 Å². The molecule has 2 heterocycles. The van der Waals surface area contributed by atoms with Gasteiger partial charge in [0.1, 0.15) is 0 Å². The lowest BCUT2D eigenvalue weighted by molar-refractivity contribution is 0.0103. The molecule has 3 atom stereocenters. The van der Waals surface area contributed by atoms with Gasteiger partial charge in [-0.3, -0.25) is 4.90 Å². The number of piperidine rings is 1. The van der Waals surface area contributed by atoms with Crippen LogP contribution in [0.3, 0.4) is 0 Å². The van der Waals surface area contributed by atoms with Crippen molar-refractivity contribution in [2.75, 3.05) is 39.3 Å². The van der Waals surface area contributed by atoms with Crippen LogP contribution in [0.1, 0.15) is 39.5 Å². The lowest BCUT2D eigenvalue weighted by atomic mass is 9.77. The van der Waals surface area contributed by atoms with Crippen LogP contribution in [0.25, 0.3) is 0 Å². The Bertz CT molecular complexity index is 244. The summed E-state index contributed by atoms with van der Waals surface area (Å²) in [5, 5.41) is 0. The summed E-state index contributed by atoms with van der Waals surface area (Å²) in [6.07, 6.45) is 5.24. The Morgan fingerprint density at radius 1 is 1.35 bits per heavy atom. The first-order chi connectivity index (χ1) is 8.26. The molecule has 2 bridgehead atoms. The molecule has 2 N–H and O–H groups in total. The van der Waals surface area contributed by atoms with E-state index in [9.17, 15) is 0 Å². The Balaban J connectivity index is 2.10. The standard InChI is InChI=1S/C14H29N3/c1-3-5-8-17(4-2)14(12-15)7-10-16-9-6-13(14)11-16/h13H,3-12,15H2,1-2H3. The Kier molecular flexibility index (Phi) is 4.45. The summed E-state index contributed by atoms with van der Waals surface area (Å²) in [5.74, 6) is 0.818. The van der Waals surface area contributed by atoms with Crippen LogP contribution in [-0.2, 0) is 0 Å². The van der Waals surface area contributed by atoms with Gasteiger partial charge in [0.05, 0.1) is 0 Å². The van der Waals surface area contributed by atoms with Crippen molar-refractivity contribution in [2.24, 2.45) is 11.7 Å². The number of rotatable bonds is 6. The largest absolute Gasteiger partial charge is 0.329 e. The van der Waals surface area contributed by atoms with Gasteiger partial charge in [-0.1, -0.05) is 20.3 Å². The average molecular weight is 239 g/mol. The normalized spacial score (nSPS) is 36.7. The van der Waals surface area contributed by atoms with E-state index in [0.717, 1.165) is 19.0 Å². The maximum Gasteiger partial charge on any atom is 0.0384 e. The van der Waals surface area contributed by atoms with Gasteiger partial charge in [-0.25, -0.2) is 0 Å². The van der Waals surface area contributed by atoms with E-state index in [1.807, 2.05) is 0 Å². The summed E-state index contributed by atoms with van der Waals surface area (Å²) in [5.41, 5.74) is 6.53. The van der Waals surface area contributed by atoms with E-state index >= 15 is 0 Å². The highest BCUT2D eigenvalue weighted by atomic mass is 15.3. The SMILES string of the molecule is CCCCN(CC)C1(CN)CCN2CCC1C2. The minimum absolute atomic E-state index is 0.316. The fourth-order valence-corrected chi connectivity index (χ4v) is 3.89. The Morgan fingerprint density at radius 2 is 2.18 bits per heavy atom. The van der Waals surface area contributed by atoms with Crippen molar-refractivity contribution in [3.05, 3.63) is 0 Å². The molecule has 0 aromatic heterocycles. The van der Waals surface area contributed by atoms with Gasteiger partial charge in [0.2, 0.25) is 0 Å². The highest BCUT2D eigenvalue weighted by Gasteiger charge is 2.48. The molecule has 0 spiro atoms. The van der Waals surface area contributed by atoms with Crippen molar-refractivity contribution >= 4 is 0 Å². The smallest absolute Gasteiger partial charge is 0.0384 e. The van der Waals surface area contributed by atoms with E-state index in [1.54, 1.807) is 0 Å². The van der Waals surface area contributed by atoms with Crippen molar-refractivity contribution in [2.45, 2.75) is 45.1 Å². The number of nitrogens with zero attached hydrogens (tertiary/aromatic N) is 2. The second-order valence-corrected chi connectivity index (χ2v) is 5.78. The predicted molar refractivity (Wildman–Crippen MR) is 73.1 cm³/mol. The van der Waals surface area contributed by atoms with Gasteiger partial charge >= 0.3 is 0 Å². The van der Waals surface area contributed by atoms with Crippen molar-refractivity contribution in [3.63, 3.8) is 0 Å². The van der Waals surface area contributed by atoms with Crippen LogP contribution in [0.5, 0.6) is 0 Å². The van der Waals surface area contributed by atoms with E-state index in [0.29, 0.717) is 5.54 Å². The molecule has 0 aromatic carbocycles. The number of unbranched alkanes of at least 4 members (excludes halogenated alkanes) is 1. The highest BCUT2D eigenvalue weighted by Crippen LogP contribution is 2.39. The van der Waals surface area contributed by atoms with E-state index < -0.39 is 0 Å². The van der Waals surface area contributed by atoms with Gasteiger partial charge < -0.3 is 10.6 Å². The molecule has 100 valence electrons. The Morgan fingerprint density at radius 3 is 2.82 bits per heavy atom. The topological polar surface area (TPSA) is 32.5 Å². The summed E-state index contributed by atoms with van der Waals surface area (Å²) in [7, 11) is 0. The van der Waals surface area contributed by atoms with Crippen LogP contribution >= 0.6 is 0 Å². The maximum absolute atomic E-state index is 6.21. The summed E-state index contributed by atoms with van der Waals surface area (Å²) in [6, 6.07) is 0. The van der Waals surface area contributed by atoms with Crippen molar-refractivity contribution < 1.29 is 0 Å². The molecule has 17 heavy (non-hydrogen) atoms. The molecule has 2 aliphatic rings. The van der Waals surface area contributed by atoms with Gasteiger partial charge in [0, 0.05) is 18.6 Å². The molecule has 0 aliphatic carbocycles. The molecular formula is C14H29N3. The van der Waals surface area contributed by atoms with Gasteiger partial charge in [-0.05, 0) is 51.4 Å². The lowest BCUT2D eigenvalue weighted by Crippen LogP contribution is -2.62. The van der Waals surface area contributed by atoms with E-state index in [2.05, 4.69) is 23.6 Å². The zero-order valence-corrected chi connectivity index (χ0v) is 11.6. The molecule has 3 nitrogen and oxygen atoms in total. The molecule has 0 saturated carbocycles. The van der Waals surface area contributed by atoms with Gasteiger partial charge in [-0.15, -0.1) is 0 Å². The fraction of sp³-hybridized carbons (Fsp3) is 1.00. The molecule has 3 unspecified atom stereocenters. The molecule has 2 aliphatic heterocycles. The quantitative estimate of drug-likeness (QED) is 0.763. The van der Waals surface area contributed by atoms with Crippen LogP contribution in [0, 0.1) is 5.92 Å². The van der Waals surface area contributed by atoms with E-state index in [4.69, 9.17) is 5.73 Å². The Hall–Kier alpha value is -0.120. The third-order valence-corrected chi connectivity index (χ3v) is 5.04. The zero-order valence-electron chi connectivity index (χ0n) is 11.6. The molecule has 0 radical (unpaired) electrons. The molecule has 2 fully saturated rings. The minimum atomic E-state index is 0.316. The predicted octanol–water partition coefficient (Wildman–Crippen LogP) is 1.53. The van der Waals surface area contributed by atoms with Crippen molar-refractivity contribution in [1.82, 2.24) is 9.80 Å². The number of likely N-dealkylation sites (N-methyl/N-ethyl adjacent to an activating group) is 1. The summed E-state index contributed by atoms with van der Waals surface area (Å²) >= 11 is 0. The average Bonchev–Trinajstić information content (AvgIpc) is 2.77. The van der Waals surface area contributed by atoms with Crippen LogP contribution < -0.4 is 5.73 Å². The number of hydrogen-bond acceptors (Lipinski definition) is 3. The lowest BCUT2D eigenvalue weighted by Gasteiger charge is -2.50.